The maximum atomic E-state index is 12.7. The number of carbonyl (C=O) groups is 1. The third-order valence-electron chi connectivity index (χ3n) is 4.68. The molecule has 0 aliphatic carbocycles. The lowest BCUT2D eigenvalue weighted by Crippen LogP contribution is -2.44. The van der Waals surface area contributed by atoms with E-state index in [0.717, 1.165) is 16.6 Å². The SMILES string of the molecule is CC(C)N(C(=O)COc1ccc(CCO)cc1-n1nc2ccccc2n1)C(C)C. The van der Waals surface area contributed by atoms with Gasteiger partial charge >= 0.3 is 0 Å². The maximum Gasteiger partial charge on any atom is 0.260 e. The van der Waals surface area contributed by atoms with E-state index in [1.54, 1.807) is 11.0 Å². The molecule has 7 heteroatoms. The molecule has 3 aromatic rings. The molecule has 7 nitrogen and oxygen atoms in total. The number of aliphatic hydroxyl groups excluding tert-OH is 1. The second kappa shape index (κ2) is 9.05. The first-order valence-electron chi connectivity index (χ1n) is 9.91. The van der Waals surface area contributed by atoms with Crippen molar-refractivity contribution in [3.63, 3.8) is 0 Å². The van der Waals surface area contributed by atoms with Crippen molar-refractivity contribution >= 4 is 16.9 Å². The van der Waals surface area contributed by atoms with E-state index < -0.39 is 0 Å². The van der Waals surface area contributed by atoms with E-state index in [2.05, 4.69) is 10.2 Å². The Morgan fingerprint density at radius 2 is 1.69 bits per heavy atom. The zero-order chi connectivity index (χ0) is 21.0. The fourth-order valence-electron chi connectivity index (χ4n) is 3.48. The summed E-state index contributed by atoms with van der Waals surface area (Å²) in [5, 5.41) is 18.3. The van der Waals surface area contributed by atoms with Crippen LogP contribution in [0.25, 0.3) is 16.7 Å². The molecule has 0 bridgehead atoms. The Bertz CT molecular complexity index is 940. The van der Waals surface area contributed by atoms with Crippen LogP contribution in [-0.4, -0.2) is 56.2 Å². The average molecular weight is 396 g/mol. The Hall–Kier alpha value is -2.93. The lowest BCUT2D eigenvalue weighted by atomic mass is 10.1. The van der Waals surface area contributed by atoms with Crippen molar-refractivity contribution in [2.75, 3.05) is 13.2 Å². The molecule has 0 spiro atoms. The van der Waals surface area contributed by atoms with Crippen LogP contribution in [0.1, 0.15) is 33.3 Å². The van der Waals surface area contributed by atoms with Gasteiger partial charge in [-0.1, -0.05) is 18.2 Å². The van der Waals surface area contributed by atoms with Crippen molar-refractivity contribution in [3.8, 4) is 11.4 Å². The normalized spacial score (nSPS) is 11.4. The zero-order valence-corrected chi connectivity index (χ0v) is 17.4. The fraction of sp³-hybridized carbons (Fsp3) is 0.409. The highest BCUT2D eigenvalue weighted by Crippen LogP contribution is 2.25. The number of carbonyl (C=O) groups excluding carboxylic acids is 1. The summed E-state index contributed by atoms with van der Waals surface area (Å²) in [6.45, 7) is 7.95. The number of amides is 1. The molecule has 29 heavy (non-hydrogen) atoms. The predicted octanol–water partition coefficient (Wildman–Crippen LogP) is 2.98. The molecule has 154 valence electrons. The van der Waals surface area contributed by atoms with E-state index in [0.29, 0.717) is 17.9 Å². The predicted molar refractivity (Wildman–Crippen MR) is 112 cm³/mol. The number of hydrogen-bond donors (Lipinski definition) is 1. The Balaban J connectivity index is 1.91. The molecule has 3 rings (SSSR count). The zero-order valence-electron chi connectivity index (χ0n) is 17.4. The molecule has 0 unspecified atom stereocenters. The second-order valence-corrected chi connectivity index (χ2v) is 7.53. The van der Waals surface area contributed by atoms with E-state index in [-0.39, 0.29) is 31.2 Å². The van der Waals surface area contributed by atoms with Crippen LogP contribution in [0.4, 0.5) is 0 Å². The molecule has 0 saturated carbocycles. The van der Waals surface area contributed by atoms with Crippen LogP contribution in [0.15, 0.2) is 42.5 Å². The summed E-state index contributed by atoms with van der Waals surface area (Å²) in [4.78, 5) is 16.0. The summed E-state index contributed by atoms with van der Waals surface area (Å²) >= 11 is 0. The molecule has 0 fully saturated rings. The van der Waals surface area contributed by atoms with E-state index in [4.69, 9.17) is 4.74 Å². The summed E-state index contributed by atoms with van der Waals surface area (Å²) in [5.74, 6) is 0.451. The van der Waals surface area contributed by atoms with Gasteiger partial charge in [0.1, 0.15) is 22.5 Å². The van der Waals surface area contributed by atoms with Crippen LogP contribution in [0.3, 0.4) is 0 Å². The molecule has 1 amide bonds. The first-order valence-corrected chi connectivity index (χ1v) is 9.91. The maximum absolute atomic E-state index is 12.7. The number of nitrogens with zero attached hydrogens (tertiary/aromatic N) is 4. The molecular weight excluding hydrogens is 368 g/mol. The van der Waals surface area contributed by atoms with Crippen LogP contribution in [0, 0.1) is 0 Å². The highest BCUT2D eigenvalue weighted by atomic mass is 16.5. The Labute approximate surface area is 170 Å². The van der Waals surface area contributed by atoms with Crippen LogP contribution < -0.4 is 4.74 Å². The highest BCUT2D eigenvalue weighted by molar-refractivity contribution is 5.78. The van der Waals surface area contributed by atoms with Gasteiger partial charge in [0.15, 0.2) is 6.61 Å². The molecule has 0 aliphatic rings. The number of ether oxygens (including phenoxy) is 1. The van der Waals surface area contributed by atoms with E-state index in [9.17, 15) is 9.90 Å². The molecular formula is C22H28N4O3. The molecule has 1 aromatic heterocycles. The Kier molecular flexibility index (Phi) is 6.49. The minimum Gasteiger partial charge on any atom is -0.481 e. The van der Waals surface area contributed by atoms with Crippen molar-refractivity contribution in [1.82, 2.24) is 19.9 Å². The number of benzene rings is 2. The lowest BCUT2D eigenvalue weighted by molar-refractivity contribution is -0.136. The van der Waals surface area contributed by atoms with Gasteiger partial charge in [0, 0.05) is 18.7 Å². The minimum atomic E-state index is -0.0704. The lowest BCUT2D eigenvalue weighted by Gasteiger charge is -2.30. The largest absolute Gasteiger partial charge is 0.481 e. The van der Waals surface area contributed by atoms with Gasteiger partial charge in [-0.3, -0.25) is 4.79 Å². The van der Waals surface area contributed by atoms with E-state index in [1.165, 1.54) is 4.80 Å². The van der Waals surface area contributed by atoms with Crippen LogP contribution in [-0.2, 0) is 11.2 Å². The van der Waals surface area contributed by atoms with Gasteiger partial charge in [-0.25, -0.2) is 0 Å². The highest BCUT2D eigenvalue weighted by Gasteiger charge is 2.21. The monoisotopic (exact) mass is 396 g/mol. The molecule has 0 atom stereocenters. The number of rotatable bonds is 8. The van der Waals surface area contributed by atoms with Gasteiger partial charge in [-0.15, -0.1) is 15.0 Å². The summed E-state index contributed by atoms with van der Waals surface area (Å²) in [6.07, 6.45) is 0.515. The summed E-state index contributed by atoms with van der Waals surface area (Å²) in [5.41, 5.74) is 3.12. The van der Waals surface area contributed by atoms with Gasteiger partial charge in [0.25, 0.3) is 5.91 Å². The van der Waals surface area contributed by atoms with Gasteiger partial charge in [-0.2, -0.15) is 0 Å². The van der Waals surface area contributed by atoms with Crippen molar-refractivity contribution in [2.24, 2.45) is 0 Å². The number of fused-ring (bicyclic) bond motifs is 1. The quantitative estimate of drug-likeness (QED) is 0.633. The summed E-state index contributed by atoms with van der Waals surface area (Å²) in [7, 11) is 0. The van der Waals surface area contributed by atoms with Crippen molar-refractivity contribution < 1.29 is 14.6 Å². The topological polar surface area (TPSA) is 80.5 Å². The van der Waals surface area contributed by atoms with Gasteiger partial charge in [0.05, 0.1) is 0 Å². The van der Waals surface area contributed by atoms with Gasteiger partial charge in [0.2, 0.25) is 0 Å². The van der Waals surface area contributed by atoms with Crippen molar-refractivity contribution in [1.29, 1.82) is 0 Å². The molecule has 1 N–H and O–H groups in total. The first kappa shape index (κ1) is 20.8. The molecule has 1 heterocycles. The number of aromatic nitrogens is 3. The Morgan fingerprint density at radius 3 is 2.24 bits per heavy atom. The number of aliphatic hydroxyl groups is 1. The summed E-state index contributed by atoms with van der Waals surface area (Å²) in [6, 6.07) is 13.4. The standard InChI is InChI=1S/C22H28N4O3/c1-15(2)25(16(3)4)22(28)14-29-21-10-9-17(11-12-27)13-20(21)26-23-18-7-5-6-8-19(18)24-26/h5-10,13,15-16,27H,11-12,14H2,1-4H3. The fourth-order valence-corrected chi connectivity index (χ4v) is 3.48. The summed E-state index contributed by atoms with van der Waals surface area (Å²) < 4.78 is 5.91. The molecule has 0 radical (unpaired) electrons. The van der Waals surface area contributed by atoms with Crippen molar-refractivity contribution in [3.05, 3.63) is 48.0 Å². The van der Waals surface area contributed by atoms with Crippen LogP contribution in [0.2, 0.25) is 0 Å². The van der Waals surface area contributed by atoms with E-state index >= 15 is 0 Å². The third kappa shape index (κ3) is 4.74. The third-order valence-corrected chi connectivity index (χ3v) is 4.68. The van der Waals surface area contributed by atoms with Gasteiger partial charge < -0.3 is 14.7 Å². The van der Waals surface area contributed by atoms with Crippen LogP contribution in [0.5, 0.6) is 5.75 Å². The first-order chi connectivity index (χ1) is 13.9. The minimum absolute atomic E-state index is 0.0460. The van der Waals surface area contributed by atoms with Gasteiger partial charge in [-0.05, 0) is 63.9 Å². The smallest absolute Gasteiger partial charge is 0.260 e. The molecule has 2 aromatic carbocycles. The Morgan fingerprint density at radius 1 is 1.07 bits per heavy atom. The molecule has 0 saturated heterocycles. The van der Waals surface area contributed by atoms with E-state index in [1.807, 2.05) is 64.1 Å². The second-order valence-electron chi connectivity index (χ2n) is 7.53. The van der Waals surface area contributed by atoms with Crippen molar-refractivity contribution in [2.45, 2.75) is 46.2 Å². The number of hydrogen-bond acceptors (Lipinski definition) is 5. The average Bonchev–Trinajstić information content (AvgIpc) is 3.10. The molecule has 0 aliphatic heterocycles. The van der Waals surface area contributed by atoms with Crippen LogP contribution >= 0.6 is 0 Å².